The fraction of sp³-hybridized carbons (Fsp3) is 0.571. The Balaban J connectivity index is 2.32. The van der Waals surface area contributed by atoms with Crippen LogP contribution in [0.3, 0.4) is 0 Å². The summed E-state index contributed by atoms with van der Waals surface area (Å²) in [5.41, 5.74) is 5.75. The number of benzene rings is 1. The van der Waals surface area contributed by atoms with Gasteiger partial charge in [0.2, 0.25) is 0 Å². The molecule has 1 N–H and O–H groups in total. The van der Waals surface area contributed by atoms with E-state index in [1.54, 1.807) is 0 Å². The lowest BCUT2D eigenvalue weighted by atomic mass is 9.91. The summed E-state index contributed by atoms with van der Waals surface area (Å²) >= 11 is 0. The Labute approximate surface area is 105 Å². The van der Waals surface area contributed by atoms with E-state index in [0.717, 1.165) is 6.54 Å². The summed E-state index contributed by atoms with van der Waals surface area (Å²) in [4.78, 5) is 0. The van der Waals surface area contributed by atoms with Crippen LogP contribution in [0.25, 0.3) is 0 Å². The van der Waals surface area contributed by atoms with Gasteiger partial charge in [0.1, 0.15) is 0 Å². The van der Waals surface area contributed by atoms with E-state index in [2.05, 4.69) is 38.1 Å². The molecule has 0 spiro atoms. The lowest BCUT2D eigenvalue weighted by Gasteiger charge is -2.19. The summed E-state index contributed by atoms with van der Waals surface area (Å²) in [7, 11) is 0.685. The topological polar surface area (TPSA) is 21.3 Å². The van der Waals surface area contributed by atoms with Crippen LogP contribution in [0, 0.1) is 13.8 Å². The highest BCUT2D eigenvalue weighted by molar-refractivity contribution is 6.24. The predicted octanol–water partition coefficient (Wildman–Crippen LogP) is 2.57. The van der Waals surface area contributed by atoms with Crippen molar-refractivity contribution < 1.29 is 4.65 Å². The van der Waals surface area contributed by atoms with Crippen molar-refractivity contribution in [3.8, 4) is 0 Å². The third-order valence-corrected chi connectivity index (χ3v) is 3.75. The summed E-state index contributed by atoms with van der Waals surface area (Å²) in [6.45, 7) is 7.63. The lowest BCUT2D eigenvalue weighted by molar-refractivity contribution is 0.258. The molecule has 1 saturated heterocycles. The Hall–Kier alpha value is -0.795. The van der Waals surface area contributed by atoms with Gasteiger partial charge in [0, 0.05) is 6.54 Å². The van der Waals surface area contributed by atoms with Gasteiger partial charge in [-0.2, -0.15) is 0 Å². The van der Waals surface area contributed by atoms with E-state index in [9.17, 15) is 0 Å². The molecule has 0 saturated carbocycles. The van der Waals surface area contributed by atoms with Gasteiger partial charge in [-0.15, -0.1) is 0 Å². The first kappa shape index (κ1) is 12.7. The quantitative estimate of drug-likeness (QED) is 0.804. The lowest BCUT2D eigenvalue weighted by Crippen LogP contribution is -2.11. The van der Waals surface area contributed by atoms with Crippen LogP contribution in [0.4, 0.5) is 0 Å². The summed E-state index contributed by atoms with van der Waals surface area (Å²) in [5.74, 6) is 0. The van der Waals surface area contributed by atoms with Crippen LogP contribution in [0.15, 0.2) is 12.1 Å². The first-order chi connectivity index (χ1) is 8.24. The highest BCUT2D eigenvalue weighted by atomic mass is 16.5. The maximum absolute atomic E-state index is 5.74. The molecule has 1 fully saturated rings. The third-order valence-electron chi connectivity index (χ3n) is 3.75. The molecule has 1 aliphatic heterocycles. The Morgan fingerprint density at radius 2 is 2.24 bits per heavy atom. The van der Waals surface area contributed by atoms with Crippen molar-refractivity contribution in [2.45, 2.75) is 46.1 Å². The van der Waals surface area contributed by atoms with Crippen LogP contribution in [0.2, 0.25) is 0 Å². The molecule has 17 heavy (non-hydrogen) atoms. The van der Waals surface area contributed by atoms with E-state index in [1.807, 2.05) is 0 Å². The van der Waals surface area contributed by atoms with Crippen LogP contribution in [-0.4, -0.2) is 14.2 Å². The normalized spacial score (nSPS) is 19.4. The SMILES string of the molecule is CCCCc1c(C2CNBO2)ccc(C)c1C. The molecule has 0 bridgehead atoms. The molecule has 0 amide bonds. The highest BCUT2D eigenvalue weighted by Crippen LogP contribution is 2.28. The van der Waals surface area contributed by atoms with Crippen LogP contribution in [0.5, 0.6) is 0 Å². The average Bonchev–Trinajstić information content (AvgIpc) is 2.84. The van der Waals surface area contributed by atoms with Gasteiger partial charge in [-0.25, -0.2) is 0 Å². The van der Waals surface area contributed by atoms with Crippen LogP contribution in [-0.2, 0) is 11.1 Å². The zero-order chi connectivity index (χ0) is 12.3. The minimum atomic E-state index is 0.251. The molecule has 0 aromatic heterocycles. The van der Waals surface area contributed by atoms with E-state index in [4.69, 9.17) is 4.65 Å². The summed E-state index contributed by atoms with van der Waals surface area (Å²) < 4.78 is 5.74. The van der Waals surface area contributed by atoms with Crippen LogP contribution in [0.1, 0.15) is 48.1 Å². The molecule has 1 aliphatic rings. The van der Waals surface area contributed by atoms with E-state index in [-0.39, 0.29) is 6.10 Å². The van der Waals surface area contributed by atoms with Crippen molar-refractivity contribution in [1.29, 1.82) is 0 Å². The second-order valence-electron chi connectivity index (χ2n) is 4.93. The summed E-state index contributed by atoms with van der Waals surface area (Å²) in [6.07, 6.45) is 3.94. The largest absolute Gasteiger partial charge is 0.416 e. The van der Waals surface area contributed by atoms with Gasteiger partial charge >= 0.3 is 7.62 Å². The zero-order valence-electron chi connectivity index (χ0n) is 11.2. The molecule has 1 aromatic carbocycles. The molecule has 1 atom stereocenters. The van der Waals surface area contributed by atoms with Crippen LogP contribution < -0.4 is 5.23 Å². The molecule has 1 unspecified atom stereocenters. The Bertz CT molecular complexity index is 386. The van der Waals surface area contributed by atoms with Gasteiger partial charge in [0.05, 0.1) is 6.10 Å². The van der Waals surface area contributed by atoms with Gasteiger partial charge in [0.25, 0.3) is 0 Å². The Morgan fingerprint density at radius 3 is 2.88 bits per heavy atom. The van der Waals surface area contributed by atoms with E-state index in [0.29, 0.717) is 7.62 Å². The molecule has 92 valence electrons. The van der Waals surface area contributed by atoms with Crippen molar-refractivity contribution in [2.24, 2.45) is 0 Å². The van der Waals surface area contributed by atoms with Gasteiger partial charge < -0.3 is 9.88 Å². The van der Waals surface area contributed by atoms with Crippen molar-refractivity contribution in [2.75, 3.05) is 6.54 Å². The van der Waals surface area contributed by atoms with E-state index in [1.165, 1.54) is 41.5 Å². The zero-order valence-corrected chi connectivity index (χ0v) is 11.2. The van der Waals surface area contributed by atoms with Gasteiger partial charge in [-0.1, -0.05) is 25.5 Å². The van der Waals surface area contributed by atoms with Gasteiger partial charge in [-0.3, -0.25) is 0 Å². The average molecular weight is 231 g/mol. The number of hydrogen-bond acceptors (Lipinski definition) is 2. The fourth-order valence-electron chi connectivity index (χ4n) is 2.49. The number of nitrogens with one attached hydrogen (secondary N) is 1. The number of aryl methyl sites for hydroxylation is 1. The standard InChI is InChI=1S/C14H22BNO/c1-4-5-6-12-11(3)10(2)7-8-13(12)14-9-16-15-17-14/h7-8,14-16H,4-6,9H2,1-3H3. The molecule has 2 nitrogen and oxygen atoms in total. The first-order valence-electron chi connectivity index (χ1n) is 6.65. The number of rotatable bonds is 4. The number of unbranched alkanes of at least 4 members (excludes halogenated alkanes) is 1. The van der Waals surface area contributed by atoms with Crippen molar-refractivity contribution in [3.05, 3.63) is 34.4 Å². The molecule has 1 aromatic rings. The smallest absolute Gasteiger partial charge is 0.361 e. The first-order valence-corrected chi connectivity index (χ1v) is 6.65. The summed E-state index contributed by atoms with van der Waals surface area (Å²) in [5, 5.41) is 3.27. The van der Waals surface area contributed by atoms with Crippen molar-refractivity contribution in [3.63, 3.8) is 0 Å². The van der Waals surface area contributed by atoms with Crippen LogP contribution >= 0.6 is 0 Å². The monoisotopic (exact) mass is 231 g/mol. The second-order valence-corrected chi connectivity index (χ2v) is 4.93. The maximum Gasteiger partial charge on any atom is 0.361 e. The molecule has 3 heteroatoms. The van der Waals surface area contributed by atoms with Gasteiger partial charge in [-0.05, 0) is 48.9 Å². The van der Waals surface area contributed by atoms with Crippen molar-refractivity contribution in [1.82, 2.24) is 5.23 Å². The Morgan fingerprint density at radius 1 is 1.41 bits per heavy atom. The third kappa shape index (κ3) is 2.72. The minimum absolute atomic E-state index is 0.251. The predicted molar refractivity (Wildman–Crippen MR) is 73.5 cm³/mol. The minimum Gasteiger partial charge on any atom is -0.416 e. The molecular weight excluding hydrogens is 209 g/mol. The van der Waals surface area contributed by atoms with E-state index >= 15 is 0 Å². The highest BCUT2D eigenvalue weighted by Gasteiger charge is 2.21. The maximum atomic E-state index is 5.74. The molecular formula is C14H22BNO. The fourth-order valence-corrected chi connectivity index (χ4v) is 2.49. The van der Waals surface area contributed by atoms with Crippen molar-refractivity contribution >= 4 is 7.62 Å². The molecule has 2 rings (SSSR count). The number of hydrogen-bond donors (Lipinski definition) is 1. The molecule has 1 heterocycles. The second kappa shape index (κ2) is 5.70. The van der Waals surface area contributed by atoms with E-state index < -0.39 is 0 Å². The molecule has 0 aliphatic carbocycles. The van der Waals surface area contributed by atoms with Gasteiger partial charge in [0.15, 0.2) is 0 Å². The Kier molecular flexibility index (Phi) is 4.24. The molecule has 0 radical (unpaired) electrons. The summed E-state index contributed by atoms with van der Waals surface area (Å²) in [6, 6.07) is 4.48.